The number of hydrogen-bond donors (Lipinski definition) is 1. The van der Waals surface area contributed by atoms with Crippen LogP contribution in [0.4, 0.5) is 32.4 Å². The van der Waals surface area contributed by atoms with Crippen molar-refractivity contribution in [1.29, 1.82) is 0 Å². The molecule has 1 atom stereocenters. The molecule has 170 valence electrons. The molecule has 0 radical (unpaired) electrons. The van der Waals surface area contributed by atoms with E-state index in [0.29, 0.717) is 21.8 Å². The highest BCUT2D eigenvalue weighted by molar-refractivity contribution is 7.99. The van der Waals surface area contributed by atoms with E-state index in [9.17, 15) is 26.7 Å². The molecule has 10 heteroatoms. The molecule has 2 N–H and O–H groups in total. The van der Waals surface area contributed by atoms with Gasteiger partial charge >= 0.3 is 12.2 Å². The predicted molar refractivity (Wildman–Crippen MR) is 116 cm³/mol. The van der Waals surface area contributed by atoms with Gasteiger partial charge in [-0.1, -0.05) is 24.3 Å². The molecule has 1 heterocycles. The summed E-state index contributed by atoms with van der Waals surface area (Å²) in [7, 11) is 0. The topological polar surface area (TPSA) is 58.7 Å². The van der Waals surface area contributed by atoms with E-state index in [1.54, 1.807) is 18.2 Å². The van der Waals surface area contributed by atoms with Gasteiger partial charge in [-0.25, -0.2) is 13.6 Å². The van der Waals surface area contributed by atoms with Crippen LogP contribution in [0.3, 0.4) is 0 Å². The van der Waals surface area contributed by atoms with Crippen LogP contribution in [0.2, 0.25) is 0 Å². The number of nitrogens with zero attached hydrogens (tertiary/aromatic N) is 2. The summed E-state index contributed by atoms with van der Waals surface area (Å²) in [6.07, 6.45) is -4.55. The number of urea groups is 1. The number of rotatable bonds is 3. The molecule has 33 heavy (non-hydrogen) atoms. The number of halogens is 5. The molecular weight excluding hydrogens is 461 g/mol. The molecule has 1 aliphatic heterocycles. The van der Waals surface area contributed by atoms with E-state index in [2.05, 4.69) is 5.10 Å². The smallest absolute Gasteiger partial charge is 0.350 e. The number of hydrogen-bond acceptors (Lipinski definition) is 3. The minimum Gasteiger partial charge on any atom is -0.350 e. The second kappa shape index (κ2) is 8.86. The fourth-order valence-corrected chi connectivity index (χ4v) is 4.71. The second-order valence-electron chi connectivity index (χ2n) is 7.21. The van der Waals surface area contributed by atoms with Crippen LogP contribution in [-0.2, 0) is 6.18 Å². The molecule has 1 aliphatic rings. The molecule has 1 unspecified atom stereocenters. The number of anilines is 1. The van der Waals surface area contributed by atoms with Crippen molar-refractivity contribution < 1.29 is 26.7 Å². The molecule has 0 saturated carbocycles. The summed E-state index contributed by atoms with van der Waals surface area (Å²) in [6, 6.07) is 12.8. The highest BCUT2D eigenvalue weighted by Crippen LogP contribution is 2.40. The number of amides is 2. The maximum Gasteiger partial charge on any atom is 0.416 e. The number of carbonyl (C=O) groups excluding carboxylic acids is 1. The van der Waals surface area contributed by atoms with Gasteiger partial charge in [-0.2, -0.15) is 23.3 Å². The first kappa shape index (κ1) is 22.8. The third-order valence-electron chi connectivity index (χ3n) is 5.10. The minimum absolute atomic E-state index is 0.0111. The Hall–Kier alpha value is -3.40. The number of carbonyl (C=O) groups is 1. The molecule has 4 rings (SSSR count). The van der Waals surface area contributed by atoms with Crippen LogP contribution in [0.5, 0.6) is 0 Å². The van der Waals surface area contributed by atoms with Gasteiger partial charge in [0, 0.05) is 17.2 Å². The van der Waals surface area contributed by atoms with E-state index in [1.165, 1.54) is 36.0 Å². The zero-order chi connectivity index (χ0) is 23.8. The molecule has 0 saturated heterocycles. The van der Waals surface area contributed by atoms with Crippen LogP contribution in [0.1, 0.15) is 22.6 Å². The second-order valence-corrected chi connectivity index (χ2v) is 8.24. The molecule has 2 amide bonds. The monoisotopic (exact) mass is 477 g/mol. The van der Waals surface area contributed by atoms with E-state index in [4.69, 9.17) is 5.73 Å². The van der Waals surface area contributed by atoms with E-state index in [-0.39, 0.29) is 11.4 Å². The SMILES string of the molecule is NC(=O)N(/N=C1\c2cccc(F)c2SCC1c1ccc(F)cc1)c1ccc(C(F)(F)F)cc1. The average molecular weight is 477 g/mol. The number of benzene rings is 3. The third kappa shape index (κ3) is 4.70. The van der Waals surface area contributed by atoms with Gasteiger partial charge in [-0.05, 0) is 48.0 Å². The Morgan fingerprint density at radius 2 is 1.67 bits per heavy atom. The molecule has 3 aromatic carbocycles. The summed E-state index contributed by atoms with van der Waals surface area (Å²) in [5, 5.41) is 5.15. The Morgan fingerprint density at radius 1 is 1.00 bits per heavy atom. The molecule has 0 aliphatic carbocycles. The number of hydrazone groups is 1. The molecule has 0 fully saturated rings. The van der Waals surface area contributed by atoms with Crippen molar-refractivity contribution >= 4 is 29.2 Å². The number of primary amides is 1. The molecule has 0 aromatic heterocycles. The third-order valence-corrected chi connectivity index (χ3v) is 6.30. The summed E-state index contributed by atoms with van der Waals surface area (Å²) >= 11 is 1.25. The Balaban J connectivity index is 1.84. The predicted octanol–water partition coefficient (Wildman–Crippen LogP) is 6.16. The van der Waals surface area contributed by atoms with Crippen LogP contribution >= 0.6 is 11.8 Å². The first-order valence-electron chi connectivity index (χ1n) is 9.67. The van der Waals surface area contributed by atoms with Gasteiger partial charge < -0.3 is 5.73 Å². The number of nitrogens with two attached hydrogens (primary N) is 1. The Labute approximate surface area is 189 Å². The molecule has 3 aromatic rings. The highest BCUT2D eigenvalue weighted by atomic mass is 32.2. The lowest BCUT2D eigenvalue weighted by Gasteiger charge is -2.28. The van der Waals surface area contributed by atoms with Crippen molar-refractivity contribution in [1.82, 2.24) is 0 Å². The zero-order valence-corrected chi connectivity index (χ0v) is 17.6. The van der Waals surface area contributed by atoms with Crippen LogP contribution < -0.4 is 10.7 Å². The number of fused-ring (bicyclic) bond motifs is 1. The maximum atomic E-state index is 14.5. The summed E-state index contributed by atoms with van der Waals surface area (Å²) < 4.78 is 66.7. The van der Waals surface area contributed by atoms with Gasteiger partial charge in [0.2, 0.25) is 0 Å². The van der Waals surface area contributed by atoms with Crippen LogP contribution in [0.25, 0.3) is 0 Å². The van der Waals surface area contributed by atoms with Gasteiger partial charge in [0.15, 0.2) is 0 Å². The zero-order valence-electron chi connectivity index (χ0n) is 16.8. The minimum atomic E-state index is -4.55. The van der Waals surface area contributed by atoms with Crippen LogP contribution in [0, 0.1) is 11.6 Å². The van der Waals surface area contributed by atoms with Crippen molar-refractivity contribution in [2.45, 2.75) is 17.0 Å². The van der Waals surface area contributed by atoms with Gasteiger partial charge in [0.1, 0.15) is 11.6 Å². The maximum absolute atomic E-state index is 14.5. The van der Waals surface area contributed by atoms with Crippen molar-refractivity contribution in [3.63, 3.8) is 0 Å². The fourth-order valence-electron chi connectivity index (χ4n) is 3.50. The van der Waals surface area contributed by atoms with Crippen LogP contribution in [-0.4, -0.2) is 17.5 Å². The van der Waals surface area contributed by atoms with Gasteiger partial charge in [-0.3, -0.25) is 0 Å². The van der Waals surface area contributed by atoms with E-state index in [1.807, 2.05) is 0 Å². The quantitative estimate of drug-likeness (QED) is 0.363. The lowest BCUT2D eigenvalue weighted by molar-refractivity contribution is -0.137. The van der Waals surface area contributed by atoms with Gasteiger partial charge in [0.05, 0.1) is 21.9 Å². The van der Waals surface area contributed by atoms with Gasteiger partial charge in [0.25, 0.3) is 0 Å². The highest BCUT2D eigenvalue weighted by Gasteiger charge is 2.32. The summed E-state index contributed by atoms with van der Waals surface area (Å²) in [5.74, 6) is -1.02. The Bertz CT molecular complexity index is 1210. The molecular formula is C23H16F5N3OS. The number of alkyl halides is 3. The van der Waals surface area contributed by atoms with Gasteiger partial charge in [-0.15, -0.1) is 11.8 Å². The normalized spacial score (nSPS) is 17.0. The van der Waals surface area contributed by atoms with E-state index < -0.39 is 35.3 Å². The first-order valence-corrected chi connectivity index (χ1v) is 10.7. The van der Waals surface area contributed by atoms with Crippen molar-refractivity contribution in [2.24, 2.45) is 10.8 Å². The Morgan fingerprint density at radius 3 is 2.27 bits per heavy atom. The Kier molecular flexibility index (Phi) is 6.11. The lowest BCUT2D eigenvalue weighted by Crippen LogP contribution is -2.34. The molecule has 4 nitrogen and oxygen atoms in total. The number of thioether (sulfide) groups is 1. The van der Waals surface area contributed by atoms with E-state index >= 15 is 0 Å². The molecule has 0 spiro atoms. The average Bonchev–Trinajstić information content (AvgIpc) is 2.77. The first-order chi connectivity index (χ1) is 15.6. The largest absolute Gasteiger partial charge is 0.416 e. The summed E-state index contributed by atoms with van der Waals surface area (Å²) in [5.41, 5.74) is 5.99. The van der Waals surface area contributed by atoms with Crippen LogP contribution in [0.15, 0.2) is 76.7 Å². The fraction of sp³-hybridized carbons (Fsp3) is 0.130. The van der Waals surface area contributed by atoms with Crippen molar-refractivity contribution in [2.75, 3.05) is 10.8 Å². The standard InChI is InChI=1S/C23H16F5N3OS/c24-15-8-4-13(5-9-15)18-12-33-21-17(2-1-3-19(21)25)20(18)30-31(22(29)32)16-10-6-14(7-11-16)23(26,27)28/h1-11,18H,12H2,(H2,29,32)/b30-20+. The summed E-state index contributed by atoms with van der Waals surface area (Å²) in [6.45, 7) is 0. The molecule has 0 bridgehead atoms. The van der Waals surface area contributed by atoms with E-state index in [0.717, 1.165) is 29.3 Å². The summed E-state index contributed by atoms with van der Waals surface area (Å²) in [4.78, 5) is 12.5. The van der Waals surface area contributed by atoms with Crippen molar-refractivity contribution in [3.05, 3.63) is 95.1 Å². The van der Waals surface area contributed by atoms with Crippen molar-refractivity contribution in [3.8, 4) is 0 Å². The lowest BCUT2D eigenvalue weighted by atomic mass is 9.90.